The third kappa shape index (κ3) is 7.23. The van der Waals surface area contributed by atoms with Crippen LogP contribution >= 0.6 is 0 Å². The number of benzene rings is 2. The first-order valence-corrected chi connectivity index (χ1v) is 12.9. The monoisotopic (exact) mass is 495 g/mol. The van der Waals surface area contributed by atoms with Crippen LogP contribution in [0.1, 0.15) is 6.42 Å². The number of hydrogen-bond acceptors (Lipinski definition) is 9. The average molecular weight is 496 g/mol. The zero-order valence-electron chi connectivity index (χ0n) is 20.0. The van der Waals surface area contributed by atoms with Crippen LogP contribution in [-0.4, -0.2) is 69.6 Å². The van der Waals surface area contributed by atoms with Gasteiger partial charge in [-0.2, -0.15) is 5.26 Å². The van der Waals surface area contributed by atoms with Crippen molar-refractivity contribution in [3.05, 3.63) is 54.6 Å². The molecule has 1 aromatic heterocycles. The summed E-state index contributed by atoms with van der Waals surface area (Å²) in [4.78, 5) is 11.5. The van der Waals surface area contributed by atoms with Crippen molar-refractivity contribution >= 4 is 15.7 Å². The number of aromatic nitrogens is 2. The molecule has 10 heteroatoms. The van der Waals surface area contributed by atoms with Gasteiger partial charge in [-0.15, -0.1) is 0 Å². The molecule has 1 unspecified atom stereocenters. The van der Waals surface area contributed by atoms with Gasteiger partial charge in [-0.1, -0.05) is 24.3 Å². The number of nitrogens with one attached hydrogen (secondary N) is 1. The Labute approximate surface area is 206 Å². The van der Waals surface area contributed by atoms with Crippen LogP contribution < -0.4 is 15.0 Å². The molecule has 0 amide bonds. The molecular formula is C25H29N5O4S. The molecule has 2 N–H and O–H groups in total. The second kappa shape index (κ2) is 11.8. The van der Waals surface area contributed by atoms with E-state index in [2.05, 4.69) is 11.4 Å². The number of nitrogens with zero attached hydrogens (tertiary/aromatic N) is 4. The van der Waals surface area contributed by atoms with Crippen LogP contribution in [-0.2, 0) is 9.84 Å². The van der Waals surface area contributed by atoms with E-state index in [0.717, 1.165) is 11.1 Å². The number of sulfone groups is 1. The van der Waals surface area contributed by atoms with Gasteiger partial charge in [-0.25, -0.2) is 18.4 Å². The maximum atomic E-state index is 11.8. The lowest BCUT2D eigenvalue weighted by atomic mass is 10.1. The van der Waals surface area contributed by atoms with Crippen LogP contribution in [0.2, 0.25) is 0 Å². The molecule has 1 heterocycles. The molecule has 0 aliphatic carbocycles. The molecular weight excluding hydrogens is 466 g/mol. The van der Waals surface area contributed by atoms with Gasteiger partial charge in [0.1, 0.15) is 24.3 Å². The number of aliphatic hydroxyl groups is 1. The first-order valence-electron chi connectivity index (χ1n) is 11.0. The lowest BCUT2D eigenvalue weighted by Crippen LogP contribution is -2.29. The van der Waals surface area contributed by atoms with Gasteiger partial charge >= 0.3 is 0 Å². The van der Waals surface area contributed by atoms with Crippen molar-refractivity contribution in [3.8, 4) is 34.5 Å². The van der Waals surface area contributed by atoms with E-state index in [1.807, 2.05) is 30.1 Å². The quantitative estimate of drug-likeness (QED) is 0.412. The van der Waals surface area contributed by atoms with Crippen LogP contribution in [0.3, 0.4) is 0 Å². The number of hydrogen-bond donors (Lipinski definition) is 2. The largest absolute Gasteiger partial charge is 0.491 e. The zero-order valence-corrected chi connectivity index (χ0v) is 20.8. The van der Waals surface area contributed by atoms with E-state index < -0.39 is 15.9 Å². The molecule has 184 valence electrons. The highest BCUT2D eigenvalue weighted by Gasteiger charge is 2.14. The Kier molecular flexibility index (Phi) is 8.76. The summed E-state index contributed by atoms with van der Waals surface area (Å²) < 4.78 is 29.4. The first kappa shape index (κ1) is 26.1. The maximum absolute atomic E-state index is 11.8. The first-order chi connectivity index (χ1) is 16.7. The molecule has 0 saturated heterocycles. The third-order valence-corrected chi connectivity index (χ3v) is 6.34. The molecule has 0 saturated carbocycles. The van der Waals surface area contributed by atoms with Crippen molar-refractivity contribution in [2.24, 2.45) is 0 Å². The van der Waals surface area contributed by atoms with E-state index >= 15 is 0 Å². The standard InChI is InChI=1S/C25H29N5O4S/c1-27-16-20(31)17-34-21-7-4-6-19(14-21)25-28-23(15-24(29-25)30(2)13-5-12-26)18-8-10-22(11-9-18)35(3,32)33/h4,6-11,14-15,20,27,31H,5,13,16-17H2,1-3H3. The third-order valence-electron chi connectivity index (χ3n) is 5.22. The predicted molar refractivity (Wildman–Crippen MR) is 135 cm³/mol. The molecule has 0 aliphatic rings. The van der Waals surface area contributed by atoms with Gasteiger partial charge < -0.3 is 20.1 Å². The molecule has 3 rings (SSSR count). The highest BCUT2D eigenvalue weighted by Crippen LogP contribution is 2.28. The summed E-state index contributed by atoms with van der Waals surface area (Å²) in [5.74, 6) is 1.65. The topological polar surface area (TPSA) is 128 Å². The van der Waals surface area contributed by atoms with E-state index in [1.54, 1.807) is 43.4 Å². The molecule has 9 nitrogen and oxygen atoms in total. The summed E-state index contributed by atoms with van der Waals surface area (Å²) in [6.07, 6.45) is 0.866. The molecule has 2 aromatic carbocycles. The zero-order chi connectivity index (χ0) is 25.4. The fourth-order valence-corrected chi connectivity index (χ4v) is 3.95. The van der Waals surface area contributed by atoms with Crippen LogP contribution in [0.25, 0.3) is 22.6 Å². The molecule has 0 bridgehead atoms. The SMILES string of the molecule is CNCC(O)COc1cccc(-c2nc(-c3ccc(S(C)(=O)=O)cc3)cc(N(C)CCC#N)n2)c1. The number of anilines is 1. The molecule has 35 heavy (non-hydrogen) atoms. The molecule has 0 radical (unpaired) electrons. The van der Waals surface area contributed by atoms with E-state index in [9.17, 15) is 13.5 Å². The van der Waals surface area contributed by atoms with Crippen molar-refractivity contribution in [1.29, 1.82) is 5.26 Å². The Morgan fingerprint density at radius 1 is 1.14 bits per heavy atom. The van der Waals surface area contributed by atoms with Crippen LogP contribution in [0.15, 0.2) is 59.5 Å². The average Bonchev–Trinajstić information content (AvgIpc) is 2.85. The Balaban J connectivity index is 1.99. The van der Waals surface area contributed by atoms with Gasteiger partial charge in [0.15, 0.2) is 15.7 Å². The van der Waals surface area contributed by atoms with Crippen LogP contribution in [0.5, 0.6) is 5.75 Å². The van der Waals surface area contributed by atoms with Crippen molar-refractivity contribution in [1.82, 2.24) is 15.3 Å². The van der Waals surface area contributed by atoms with E-state index in [0.29, 0.717) is 42.6 Å². The summed E-state index contributed by atoms with van der Waals surface area (Å²) in [5.41, 5.74) is 2.07. The van der Waals surface area contributed by atoms with Crippen molar-refractivity contribution < 1.29 is 18.3 Å². The molecule has 0 aliphatic heterocycles. The summed E-state index contributed by atoms with van der Waals surface area (Å²) in [5, 5.41) is 21.8. The highest BCUT2D eigenvalue weighted by molar-refractivity contribution is 7.90. The molecule has 3 aromatic rings. The number of aliphatic hydroxyl groups excluding tert-OH is 1. The maximum Gasteiger partial charge on any atom is 0.175 e. The number of likely N-dealkylation sites (N-methyl/N-ethyl adjacent to an activating group) is 1. The van der Waals surface area contributed by atoms with E-state index in [4.69, 9.17) is 20.0 Å². The molecule has 0 fully saturated rings. The number of nitriles is 1. The van der Waals surface area contributed by atoms with E-state index in [-0.39, 0.29) is 11.5 Å². The predicted octanol–water partition coefficient (Wildman–Crippen LogP) is 2.52. The summed E-state index contributed by atoms with van der Waals surface area (Å²) in [6, 6.07) is 17.8. The van der Waals surface area contributed by atoms with Crippen molar-refractivity contribution in [2.75, 3.05) is 44.9 Å². The lowest BCUT2D eigenvalue weighted by Gasteiger charge is -2.19. The van der Waals surface area contributed by atoms with Gasteiger partial charge in [0, 0.05) is 43.6 Å². The number of ether oxygens (including phenoxy) is 1. The summed E-state index contributed by atoms with van der Waals surface area (Å²) in [6.45, 7) is 1.05. The number of rotatable bonds is 11. The second-order valence-corrected chi connectivity index (χ2v) is 10.1. The fraction of sp³-hybridized carbons (Fsp3) is 0.320. The Morgan fingerprint density at radius 2 is 1.89 bits per heavy atom. The lowest BCUT2D eigenvalue weighted by molar-refractivity contribution is 0.108. The Hall–Kier alpha value is -3.52. The summed E-state index contributed by atoms with van der Waals surface area (Å²) >= 11 is 0. The molecule has 1 atom stereocenters. The minimum absolute atomic E-state index is 0.139. The minimum atomic E-state index is -3.31. The van der Waals surface area contributed by atoms with Gasteiger partial charge in [0.05, 0.1) is 23.1 Å². The smallest absolute Gasteiger partial charge is 0.175 e. The van der Waals surface area contributed by atoms with Crippen LogP contribution in [0.4, 0.5) is 5.82 Å². The van der Waals surface area contributed by atoms with Gasteiger partial charge in [0.2, 0.25) is 0 Å². The highest BCUT2D eigenvalue weighted by atomic mass is 32.2. The fourth-order valence-electron chi connectivity index (χ4n) is 3.32. The second-order valence-electron chi connectivity index (χ2n) is 8.11. The van der Waals surface area contributed by atoms with Gasteiger partial charge in [0.25, 0.3) is 0 Å². The van der Waals surface area contributed by atoms with Crippen molar-refractivity contribution in [2.45, 2.75) is 17.4 Å². The Morgan fingerprint density at radius 3 is 2.54 bits per heavy atom. The van der Waals surface area contributed by atoms with Gasteiger partial charge in [-0.05, 0) is 31.3 Å². The van der Waals surface area contributed by atoms with E-state index in [1.165, 1.54) is 6.26 Å². The normalized spacial score (nSPS) is 12.1. The molecule has 0 spiro atoms. The minimum Gasteiger partial charge on any atom is -0.491 e. The Bertz CT molecular complexity index is 1290. The summed E-state index contributed by atoms with van der Waals surface area (Å²) in [7, 11) is 0.296. The van der Waals surface area contributed by atoms with Gasteiger partial charge in [-0.3, -0.25) is 0 Å². The van der Waals surface area contributed by atoms with Crippen LogP contribution in [0, 0.1) is 11.3 Å². The van der Waals surface area contributed by atoms with Crippen molar-refractivity contribution in [3.63, 3.8) is 0 Å².